The highest BCUT2D eigenvalue weighted by atomic mass is 35.5. The van der Waals surface area contributed by atoms with E-state index in [4.69, 9.17) is 34.8 Å². The Kier molecular flexibility index (Phi) is 5.62. The number of aromatic nitrogens is 4. The van der Waals surface area contributed by atoms with Gasteiger partial charge in [0.05, 0.1) is 11.4 Å². The van der Waals surface area contributed by atoms with E-state index >= 15 is 0 Å². The molecule has 2 aromatic heterocycles. The highest BCUT2D eigenvalue weighted by molar-refractivity contribution is 6.39. The van der Waals surface area contributed by atoms with Crippen molar-refractivity contribution in [3.8, 4) is 5.82 Å². The maximum Gasteiger partial charge on any atom is 0.157 e. The number of hydrogen-bond acceptors (Lipinski definition) is 3. The van der Waals surface area contributed by atoms with E-state index < -0.39 is 0 Å². The summed E-state index contributed by atoms with van der Waals surface area (Å²) >= 11 is 18.6. The van der Waals surface area contributed by atoms with Crippen molar-refractivity contribution in [3.05, 3.63) is 68.3 Å². The number of nitrogens with zero attached hydrogens (tertiary/aromatic N) is 4. The van der Waals surface area contributed by atoms with Crippen molar-refractivity contribution in [2.75, 3.05) is 0 Å². The molecule has 3 aromatic rings. The van der Waals surface area contributed by atoms with Crippen LogP contribution in [0.4, 0.5) is 0 Å². The minimum Gasteiger partial charge on any atom is -0.238 e. The van der Waals surface area contributed by atoms with E-state index in [1.165, 1.54) is 0 Å². The lowest BCUT2D eigenvalue weighted by Gasteiger charge is -2.10. The van der Waals surface area contributed by atoms with Crippen LogP contribution < -0.4 is 0 Å². The van der Waals surface area contributed by atoms with E-state index in [0.29, 0.717) is 27.3 Å². The summed E-state index contributed by atoms with van der Waals surface area (Å²) in [5.41, 5.74) is 2.66. The summed E-state index contributed by atoms with van der Waals surface area (Å²) in [7, 11) is 0. The van der Waals surface area contributed by atoms with Gasteiger partial charge in [-0.1, -0.05) is 48.1 Å². The summed E-state index contributed by atoms with van der Waals surface area (Å²) in [6.07, 6.45) is 4.41. The van der Waals surface area contributed by atoms with Gasteiger partial charge in [-0.15, -0.1) is 0 Å². The average molecular weight is 396 g/mol. The Morgan fingerprint density at radius 2 is 1.72 bits per heavy atom. The Morgan fingerprint density at radius 3 is 2.40 bits per heavy atom. The fourth-order valence-electron chi connectivity index (χ4n) is 2.62. The number of hydrogen-bond donors (Lipinski definition) is 0. The standard InChI is InChI=1S/C18H17Cl3N4/c1-3-4-13-5-6-25(24-13)18-10-14(22-11(2)23-18)9-15-16(20)7-12(19)8-17(15)21/h5-8,10H,3-4,9H2,1-2H3. The normalized spacial score (nSPS) is 11.1. The molecule has 0 atom stereocenters. The minimum absolute atomic E-state index is 0.494. The van der Waals surface area contributed by atoms with Gasteiger partial charge in [-0.2, -0.15) is 5.10 Å². The molecule has 0 unspecified atom stereocenters. The van der Waals surface area contributed by atoms with E-state index in [0.717, 1.165) is 35.6 Å². The minimum atomic E-state index is 0.494. The summed E-state index contributed by atoms with van der Waals surface area (Å²) in [4.78, 5) is 8.98. The first kappa shape index (κ1) is 18.2. The van der Waals surface area contributed by atoms with Crippen LogP contribution in [0.15, 0.2) is 30.5 Å². The smallest absolute Gasteiger partial charge is 0.157 e. The van der Waals surface area contributed by atoms with Gasteiger partial charge >= 0.3 is 0 Å². The zero-order chi connectivity index (χ0) is 18.0. The highest BCUT2D eigenvalue weighted by Crippen LogP contribution is 2.30. The van der Waals surface area contributed by atoms with Crippen LogP contribution in [0.3, 0.4) is 0 Å². The summed E-state index contributed by atoms with van der Waals surface area (Å²) in [5.74, 6) is 1.40. The molecule has 0 aliphatic rings. The third-order valence-electron chi connectivity index (χ3n) is 3.73. The van der Waals surface area contributed by atoms with E-state index in [1.807, 2.05) is 25.3 Å². The van der Waals surface area contributed by atoms with Crippen LogP contribution in [-0.4, -0.2) is 19.7 Å². The lowest BCUT2D eigenvalue weighted by Crippen LogP contribution is -2.05. The van der Waals surface area contributed by atoms with Gasteiger partial charge < -0.3 is 0 Å². The van der Waals surface area contributed by atoms with Crippen LogP contribution in [0.25, 0.3) is 5.82 Å². The molecule has 0 spiro atoms. The Morgan fingerprint density at radius 1 is 1.00 bits per heavy atom. The second-order valence-electron chi connectivity index (χ2n) is 5.79. The van der Waals surface area contributed by atoms with Crippen LogP contribution in [0.1, 0.15) is 36.1 Å². The van der Waals surface area contributed by atoms with Crippen LogP contribution in [0.5, 0.6) is 0 Å². The molecular formula is C18H17Cl3N4. The van der Waals surface area contributed by atoms with E-state index in [9.17, 15) is 0 Å². The predicted molar refractivity (Wildman–Crippen MR) is 102 cm³/mol. The van der Waals surface area contributed by atoms with Crippen molar-refractivity contribution in [3.63, 3.8) is 0 Å². The Labute approximate surface area is 161 Å². The molecule has 0 fully saturated rings. The molecule has 1 aromatic carbocycles. The first-order chi connectivity index (χ1) is 12.0. The molecule has 0 aliphatic carbocycles. The second kappa shape index (κ2) is 7.73. The van der Waals surface area contributed by atoms with Gasteiger partial charge in [0.1, 0.15) is 5.82 Å². The molecule has 3 rings (SSSR count). The molecule has 7 heteroatoms. The topological polar surface area (TPSA) is 43.6 Å². The van der Waals surface area contributed by atoms with Crippen LogP contribution in [-0.2, 0) is 12.8 Å². The van der Waals surface area contributed by atoms with Crippen LogP contribution in [0, 0.1) is 6.92 Å². The Bertz CT molecular complexity index is 882. The predicted octanol–water partition coefficient (Wildman–Crippen LogP) is 5.47. The van der Waals surface area contributed by atoms with Crippen molar-refractivity contribution in [1.29, 1.82) is 0 Å². The van der Waals surface area contributed by atoms with Crippen molar-refractivity contribution in [2.45, 2.75) is 33.1 Å². The van der Waals surface area contributed by atoms with Gasteiger partial charge in [0, 0.05) is 33.8 Å². The van der Waals surface area contributed by atoms with E-state index in [-0.39, 0.29) is 0 Å². The number of rotatable bonds is 5. The van der Waals surface area contributed by atoms with Crippen LogP contribution >= 0.6 is 34.8 Å². The van der Waals surface area contributed by atoms with Crippen molar-refractivity contribution in [2.24, 2.45) is 0 Å². The number of aryl methyl sites for hydroxylation is 2. The third-order valence-corrected chi connectivity index (χ3v) is 4.62. The molecule has 0 amide bonds. The van der Waals surface area contributed by atoms with Gasteiger partial charge in [-0.25, -0.2) is 14.6 Å². The van der Waals surface area contributed by atoms with Crippen molar-refractivity contribution in [1.82, 2.24) is 19.7 Å². The lowest BCUT2D eigenvalue weighted by atomic mass is 10.1. The first-order valence-corrected chi connectivity index (χ1v) is 9.12. The summed E-state index contributed by atoms with van der Waals surface area (Å²) < 4.78 is 1.77. The molecular weight excluding hydrogens is 379 g/mol. The van der Waals surface area contributed by atoms with Gasteiger partial charge in [0.25, 0.3) is 0 Å². The third kappa shape index (κ3) is 4.32. The first-order valence-electron chi connectivity index (χ1n) is 7.99. The van der Waals surface area contributed by atoms with Gasteiger partial charge in [-0.05, 0) is 37.1 Å². The molecule has 0 radical (unpaired) electrons. The highest BCUT2D eigenvalue weighted by Gasteiger charge is 2.12. The average Bonchev–Trinajstić information content (AvgIpc) is 2.99. The zero-order valence-corrected chi connectivity index (χ0v) is 16.2. The number of halogens is 3. The molecule has 0 bridgehead atoms. The molecule has 0 aliphatic heterocycles. The molecule has 2 heterocycles. The van der Waals surface area contributed by atoms with E-state index in [2.05, 4.69) is 22.0 Å². The monoisotopic (exact) mass is 394 g/mol. The second-order valence-corrected chi connectivity index (χ2v) is 7.04. The largest absolute Gasteiger partial charge is 0.238 e. The maximum atomic E-state index is 6.29. The quantitative estimate of drug-likeness (QED) is 0.575. The van der Waals surface area contributed by atoms with Crippen molar-refractivity contribution < 1.29 is 0 Å². The van der Waals surface area contributed by atoms with Crippen LogP contribution in [0.2, 0.25) is 15.1 Å². The Hall–Kier alpha value is -1.62. The summed E-state index contributed by atoms with van der Waals surface area (Å²) in [5, 5.41) is 6.13. The molecule has 0 N–H and O–H groups in total. The Balaban J connectivity index is 1.94. The zero-order valence-electron chi connectivity index (χ0n) is 13.9. The lowest BCUT2D eigenvalue weighted by molar-refractivity contribution is 0.777. The summed E-state index contributed by atoms with van der Waals surface area (Å²) in [6.45, 7) is 3.99. The molecule has 4 nitrogen and oxygen atoms in total. The number of benzene rings is 1. The molecule has 0 saturated heterocycles. The van der Waals surface area contributed by atoms with Crippen molar-refractivity contribution >= 4 is 34.8 Å². The fraction of sp³-hybridized carbons (Fsp3) is 0.278. The van der Waals surface area contributed by atoms with Gasteiger partial charge in [0.2, 0.25) is 0 Å². The molecule has 0 saturated carbocycles. The van der Waals surface area contributed by atoms with E-state index in [1.54, 1.807) is 16.8 Å². The van der Waals surface area contributed by atoms with Gasteiger partial charge in [-0.3, -0.25) is 0 Å². The fourth-order valence-corrected chi connectivity index (χ4v) is 3.57. The molecule has 25 heavy (non-hydrogen) atoms. The molecule has 130 valence electrons. The van der Waals surface area contributed by atoms with Gasteiger partial charge in [0.15, 0.2) is 5.82 Å². The SMILES string of the molecule is CCCc1ccn(-c2cc(Cc3c(Cl)cc(Cl)cc3Cl)nc(C)n2)n1. The maximum absolute atomic E-state index is 6.29. The summed E-state index contributed by atoms with van der Waals surface area (Å²) in [6, 6.07) is 7.28.